The molecule has 2 rings (SSSR count). The van der Waals surface area contributed by atoms with Crippen LogP contribution < -0.4 is 5.32 Å². The zero-order valence-electron chi connectivity index (χ0n) is 13.2. The van der Waals surface area contributed by atoms with Crippen LogP contribution in [0.2, 0.25) is 0 Å². The number of amides is 1. The van der Waals surface area contributed by atoms with Crippen LogP contribution in [-0.2, 0) is 25.2 Å². The van der Waals surface area contributed by atoms with Crippen LogP contribution >= 0.6 is 0 Å². The van der Waals surface area contributed by atoms with E-state index in [0.717, 1.165) is 0 Å². The summed E-state index contributed by atoms with van der Waals surface area (Å²) in [5.74, 6) is -2.51. The maximum absolute atomic E-state index is 12.1. The number of rotatable bonds is 6. The summed E-state index contributed by atoms with van der Waals surface area (Å²) < 4.78 is 23.9. The van der Waals surface area contributed by atoms with Gasteiger partial charge in [-0.1, -0.05) is 12.1 Å². The number of carbonyl (C=O) groups excluding carboxylic acids is 1. The van der Waals surface area contributed by atoms with E-state index in [4.69, 9.17) is 5.11 Å². The van der Waals surface area contributed by atoms with Crippen LogP contribution in [0.5, 0.6) is 0 Å². The van der Waals surface area contributed by atoms with Gasteiger partial charge in [-0.05, 0) is 44.4 Å². The van der Waals surface area contributed by atoms with Gasteiger partial charge in [-0.15, -0.1) is 0 Å². The molecule has 0 heterocycles. The number of hydrogen-bond acceptors (Lipinski definition) is 4. The summed E-state index contributed by atoms with van der Waals surface area (Å²) in [6, 6.07) is 6.65. The number of carboxylic acid groups (broad SMARTS) is 1. The molecule has 126 valence electrons. The maximum Gasteiger partial charge on any atom is 0.307 e. The average molecular weight is 339 g/mol. The topological polar surface area (TPSA) is 101 Å². The van der Waals surface area contributed by atoms with Crippen LogP contribution in [0.1, 0.15) is 32.3 Å². The molecule has 6 nitrogen and oxygen atoms in total. The smallest absolute Gasteiger partial charge is 0.307 e. The molecule has 1 aliphatic rings. The van der Waals surface area contributed by atoms with Crippen LogP contribution in [0.3, 0.4) is 0 Å². The van der Waals surface area contributed by atoms with Gasteiger partial charge in [0, 0.05) is 5.69 Å². The first-order valence-electron chi connectivity index (χ1n) is 7.55. The molecule has 1 amide bonds. The first kappa shape index (κ1) is 17.5. The molecule has 0 bridgehead atoms. The van der Waals surface area contributed by atoms with E-state index in [-0.39, 0.29) is 11.7 Å². The van der Waals surface area contributed by atoms with Gasteiger partial charge in [-0.3, -0.25) is 9.59 Å². The quantitative estimate of drug-likeness (QED) is 0.826. The highest BCUT2D eigenvalue weighted by atomic mass is 32.2. The average Bonchev–Trinajstić information content (AvgIpc) is 2.35. The fraction of sp³-hybridized carbons (Fsp3) is 0.500. The van der Waals surface area contributed by atoms with Crippen molar-refractivity contribution < 1.29 is 23.1 Å². The number of carboxylic acids is 1. The number of aliphatic carboxylic acids is 1. The molecule has 2 atom stereocenters. The summed E-state index contributed by atoms with van der Waals surface area (Å²) in [5.41, 5.74) is 1.09. The second-order valence-corrected chi connectivity index (χ2v) is 8.73. The maximum atomic E-state index is 12.1. The molecule has 1 fully saturated rings. The number of sulfone groups is 1. The van der Waals surface area contributed by atoms with Gasteiger partial charge in [0.1, 0.15) is 0 Å². The first-order valence-corrected chi connectivity index (χ1v) is 9.26. The van der Waals surface area contributed by atoms with E-state index in [1.807, 2.05) is 0 Å². The summed E-state index contributed by atoms with van der Waals surface area (Å²) >= 11 is 0. The fourth-order valence-electron chi connectivity index (χ4n) is 2.48. The molecule has 1 aliphatic carbocycles. The summed E-state index contributed by atoms with van der Waals surface area (Å²) in [5, 5.41) is 11.2. The third-order valence-corrected chi connectivity index (χ3v) is 6.38. The predicted molar refractivity (Wildman–Crippen MR) is 86.7 cm³/mol. The fourth-order valence-corrected chi connectivity index (χ4v) is 3.46. The molecule has 2 unspecified atom stereocenters. The Balaban J connectivity index is 2.06. The van der Waals surface area contributed by atoms with Gasteiger partial charge in [-0.25, -0.2) is 8.42 Å². The second-order valence-electron chi connectivity index (χ2n) is 6.17. The Kier molecular flexibility index (Phi) is 5.09. The van der Waals surface area contributed by atoms with E-state index < -0.39 is 32.9 Å². The molecule has 1 aromatic rings. The Hall–Kier alpha value is -1.89. The van der Waals surface area contributed by atoms with E-state index in [1.165, 1.54) is 0 Å². The van der Waals surface area contributed by atoms with Crippen LogP contribution in [0.4, 0.5) is 5.69 Å². The highest BCUT2D eigenvalue weighted by Gasteiger charge is 2.41. The normalized spacial score (nSPS) is 20.8. The molecule has 0 aliphatic heterocycles. The molecule has 0 radical (unpaired) electrons. The first-order chi connectivity index (χ1) is 10.7. The highest BCUT2D eigenvalue weighted by Crippen LogP contribution is 2.35. The van der Waals surface area contributed by atoms with Gasteiger partial charge in [-0.2, -0.15) is 0 Å². The van der Waals surface area contributed by atoms with Crippen LogP contribution in [0.25, 0.3) is 0 Å². The van der Waals surface area contributed by atoms with Crippen LogP contribution in [0.15, 0.2) is 24.3 Å². The van der Waals surface area contributed by atoms with Gasteiger partial charge >= 0.3 is 5.97 Å². The van der Waals surface area contributed by atoms with Crippen molar-refractivity contribution >= 4 is 27.4 Å². The lowest BCUT2D eigenvalue weighted by atomic mass is 9.73. The van der Waals surface area contributed by atoms with Crippen molar-refractivity contribution in [3.05, 3.63) is 29.8 Å². The standard InChI is InChI=1S/C16H21NO5S/c1-10(2)23(21,22)9-11-4-3-5-12(8-11)17-15(18)13-6-7-14(13)16(19)20/h3-5,8,10,13-14H,6-7,9H2,1-2H3,(H,17,18)(H,19,20). The lowest BCUT2D eigenvalue weighted by Crippen LogP contribution is -2.41. The molecule has 0 spiro atoms. The Morgan fingerprint density at radius 1 is 1.26 bits per heavy atom. The Bertz CT molecular complexity index is 711. The highest BCUT2D eigenvalue weighted by molar-refractivity contribution is 7.91. The minimum Gasteiger partial charge on any atom is -0.481 e. The lowest BCUT2D eigenvalue weighted by molar-refractivity contribution is -0.151. The van der Waals surface area contributed by atoms with Gasteiger partial charge in [0.2, 0.25) is 5.91 Å². The van der Waals surface area contributed by atoms with Gasteiger partial charge in [0.15, 0.2) is 9.84 Å². The Morgan fingerprint density at radius 3 is 2.43 bits per heavy atom. The van der Waals surface area contributed by atoms with E-state index in [2.05, 4.69) is 5.32 Å². The number of anilines is 1. The summed E-state index contributed by atoms with van der Waals surface area (Å²) in [7, 11) is -3.22. The van der Waals surface area contributed by atoms with Crippen molar-refractivity contribution in [1.82, 2.24) is 0 Å². The summed E-state index contributed by atoms with van der Waals surface area (Å²) in [6.07, 6.45) is 1.07. The lowest BCUT2D eigenvalue weighted by Gasteiger charge is -2.31. The molecule has 2 N–H and O–H groups in total. The third-order valence-electron chi connectivity index (χ3n) is 4.21. The van der Waals surface area contributed by atoms with Crippen molar-refractivity contribution in [2.75, 3.05) is 5.32 Å². The summed E-state index contributed by atoms with van der Waals surface area (Å²) in [4.78, 5) is 23.1. The monoisotopic (exact) mass is 339 g/mol. The molecule has 1 aromatic carbocycles. The van der Waals surface area contributed by atoms with E-state index in [0.29, 0.717) is 24.1 Å². The minimum absolute atomic E-state index is 0.0877. The zero-order valence-corrected chi connectivity index (χ0v) is 14.0. The van der Waals surface area contributed by atoms with Gasteiger partial charge in [0.05, 0.1) is 22.8 Å². The van der Waals surface area contributed by atoms with Crippen molar-refractivity contribution in [1.29, 1.82) is 0 Å². The van der Waals surface area contributed by atoms with E-state index in [1.54, 1.807) is 38.1 Å². The van der Waals surface area contributed by atoms with Crippen LogP contribution in [0, 0.1) is 11.8 Å². The van der Waals surface area contributed by atoms with Gasteiger partial charge < -0.3 is 10.4 Å². The van der Waals surface area contributed by atoms with E-state index >= 15 is 0 Å². The van der Waals surface area contributed by atoms with Crippen molar-refractivity contribution in [2.45, 2.75) is 37.7 Å². The summed E-state index contributed by atoms with van der Waals surface area (Å²) in [6.45, 7) is 3.26. The molecule has 0 saturated heterocycles. The van der Waals surface area contributed by atoms with Crippen molar-refractivity contribution in [3.8, 4) is 0 Å². The largest absolute Gasteiger partial charge is 0.481 e. The van der Waals surface area contributed by atoms with Gasteiger partial charge in [0.25, 0.3) is 0 Å². The Morgan fingerprint density at radius 2 is 1.91 bits per heavy atom. The molecular formula is C16H21NO5S. The molecule has 1 saturated carbocycles. The zero-order chi connectivity index (χ0) is 17.2. The second kappa shape index (κ2) is 6.70. The number of benzene rings is 1. The van der Waals surface area contributed by atoms with E-state index in [9.17, 15) is 18.0 Å². The third kappa shape index (κ3) is 4.10. The molecule has 7 heteroatoms. The van der Waals surface area contributed by atoms with Crippen molar-refractivity contribution in [3.63, 3.8) is 0 Å². The Labute approximate surface area is 135 Å². The number of nitrogens with one attached hydrogen (secondary N) is 1. The minimum atomic E-state index is -3.22. The predicted octanol–water partition coefficient (Wildman–Crippen LogP) is 2.06. The molecule has 0 aromatic heterocycles. The van der Waals surface area contributed by atoms with Crippen molar-refractivity contribution in [2.24, 2.45) is 11.8 Å². The SMILES string of the molecule is CC(C)S(=O)(=O)Cc1cccc(NC(=O)C2CCC2C(=O)O)c1. The van der Waals surface area contributed by atoms with Crippen LogP contribution in [-0.4, -0.2) is 30.7 Å². The molecule has 23 heavy (non-hydrogen) atoms. The molecular weight excluding hydrogens is 318 g/mol. The number of hydrogen-bond donors (Lipinski definition) is 2. The number of carbonyl (C=O) groups is 2.